The van der Waals surface area contributed by atoms with E-state index in [1.165, 1.54) is 6.92 Å². The third-order valence-electron chi connectivity index (χ3n) is 1.90. The van der Waals surface area contributed by atoms with E-state index < -0.39 is 23.7 Å². The van der Waals surface area contributed by atoms with Gasteiger partial charge in [-0.2, -0.15) is 0 Å². The van der Waals surface area contributed by atoms with Crippen molar-refractivity contribution in [2.75, 3.05) is 0 Å². The molecule has 0 spiro atoms. The maximum absolute atomic E-state index is 11.3. The van der Waals surface area contributed by atoms with Gasteiger partial charge in [0.05, 0.1) is 6.04 Å². The Balaban J connectivity index is 4.24. The van der Waals surface area contributed by atoms with Crippen LogP contribution in [0.3, 0.4) is 0 Å². The first-order valence-corrected chi connectivity index (χ1v) is 4.46. The Bertz CT molecular complexity index is 253. The van der Waals surface area contributed by atoms with Crippen molar-refractivity contribution in [3.05, 3.63) is 0 Å². The van der Waals surface area contributed by atoms with Gasteiger partial charge in [-0.1, -0.05) is 0 Å². The van der Waals surface area contributed by atoms with Crippen LogP contribution in [0.15, 0.2) is 0 Å². The molecular weight excluding hydrogens is 182 g/mol. The number of aliphatic carboxylic acids is 1. The summed E-state index contributed by atoms with van der Waals surface area (Å²) in [6.07, 6.45) is 6.30. The van der Waals surface area contributed by atoms with Crippen molar-refractivity contribution in [2.24, 2.45) is 11.7 Å². The lowest BCUT2D eigenvalue weighted by molar-refractivity contribution is -0.146. The molecule has 14 heavy (non-hydrogen) atoms. The number of terminal acetylenes is 1. The van der Waals surface area contributed by atoms with Gasteiger partial charge in [-0.3, -0.25) is 9.59 Å². The predicted octanol–water partition coefficient (Wildman–Crippen LogP) is 0.407. The van der Waals surface area contributed by atoms with Crippen LogP contribution in [0.1, 0.15) is 26.2 Å². The van der Waals surface area contributed by atoms with Gasteiger partial charge in [0.15, 0.2) is 5.78 Å². The van der Waals surface area contributed by atoms with E-state index in [1.807, 2.05) is 0 Å². The molecule has 0 fully saturated rings. The Morgan fingerprint density at radius 2 is 2.14 bits per heavy atom. The second-order valence-corrected chi connectivity index (χ2v) is 3.18. The van der Waals surface area contributed by atoms with Gasteiger partial charge in [0, 0.05) is 6.42 Å². The minimum Gasteiger partial charge on any atom is -0.481 e. The summed E-state index contributed by atoms with van der Waals surface area (Å²) in [6, 6.07) is -0.734. The number of carboxylic acids is 1. The zero-order valence-electron chi connectivity index (χ0n) is 8.19. The SMILES string of the molecule is C#CCCCC(C(=O)O)C(=O)C(C)N. The molecule has 0 rings (SSSR count). The Kier molecular flexibility index (Phi) is 5.58. The topological polar surface area (TPSA) is 80.4 Å². The molecule has 2 unspecified atom stereocenters. The fraction of sp³-hybridized carbons (Fsp3) is 0.600. The summed E-state index contributed by atoms with van der Waals surface area (Å²) in [5.74, 6) is -0.173. The van der Waals surface area contributed by atoms with E-state index in [9.17, 15) is 9.59 Å². The molecule has 3 N–H and O–H groups in total. The Hall–Kier alpha value is -1.34. The second-order valence-electron chi connectivity index (χ2n) is 3.18. The van der Waals surface area contributed by atoms with Crippen molar-refractivity contribution in [1.82, 2.24) is 0 Å². The van der Waals surface area contributed by atoms with Gasteiger partial charge in [0.1, 0.15) is 5.92 Å². The van der Waals surface area contributed by atoms with Crippen LogP contribution < -0.4 is 5.73 Å². The summed E-state index contributed by atoms with van der Waals surface area (Å²) in [6.45, 7) is 1.49. The fourth-order valence-corrected chi connectivity index (χ4v) is 1.11. The maximum Gasteiger partial charge on any atom is 0.314 e. The lowest BCUT2D eigenvalue weighted by atomic mass is 9.94. The molecular formula is C10H15NO3. The van der Waals surface area contributed by atoms with Crippen LogP contribution in [0.25, 0.3) is 0 Å². The molecule has 0 aromatic carbocycles. The molecule has 0 saturated heterocycles. The number of ketones is 1. The summed E-state index contributed by atoms with van der Waals surface area (Å²) < 4.78 is 0. The summed E-state index contributed by atoms with van der Waals surface area (Å²) in [5, 5.41) is 8.76. The minimum absolute atomic E-state index is 0.264. The number of hydrogen-bond donors (Lipinski definition) is 2. The van der Waals surface area contributed by atoms with Crippen molar-refractivity contribution < 1.29 is 14.7 Å². The molecule has 0 aliphatic rings. The standard InChI is InChI=1S/C10H15NO3/c1-3-4-5-6-8(10(13)14)9(12)7(2)11/h1,7-8H,4-6,11H2,2H3,(H,13,14). The maximum atomic E-state index is 11.3. The molecule has 0 aliphatic heterocycles. The molecule has 0 bridgehead atoms. The second kappa shape index (κ2) is 6.17. The number of carbonyl (C=O) groups is 2. The van der Waals surface area contributed by atoms with Crippen LogP contribution in [-0.4, -0.2) is 22.9 Å². The third kappa shape index (κ3) is 4.06. The molecule has 0 saturated carbocycles. The number of carbonyl (C=O) groups excluding carboxylic acids is 1. The van der Waals surface area contributed by atoms with Crippen LogP contribution in [0.5, 0.6) is 0 Å². The van der Waals surface area contributed by atoms with Gasteiger partial charge < -0.3 is 10.8 Å². The summed E-state index contributed by atoms with van der Waals surface area (Å²) in [4.78, 5) is 22.0. The average molecular weight is 197 g/mol. The van der Waals surface area contributed by atoms with Gasteiger partial charge in [-0.05, 0) is 19.8 Å². The van der Waals surface area contributed by atoms with Gasteiger partial charge in [0.25, 0.3) is 0 Å². The smallest absolute Gasteiger partial charge is 0.314 e. The molecule has 0 amide bonds. The van der Waals surface area contributed by atoms with E-state index in [0.717, 1.165) is 0 Å². The summed E-state index contributed by atoms with van der Waals surface area (Å²) >= 11 is 0. The molecule has 0 aliphatic carbocycles. The van der Waals surface area contributed by atoms with Gasteiger partial charge in [0.2, 0.25) is 0 Å². The molecule has 0 heterocycles. The minimum atomic E-state index is -1.12. The Morgan fingerprint density at radius 3 is 2.50 bits per heavy atom. The average Bonchev–Trinajstić information content (AvgIpc) is 2.10. The molecule has 2 atom stereocenters. The summed E-state index contributed by atoms with van der Waals surface area (Å²) in [5.41, 5.74) is 5.33. The van der Waals surface area contributed by atoms with Crippen LogP contribution in [0.4, 0.5) is 0 Å². The monoisotopic (exact) mass is 197 g/mol. The number of rotatable bonds is 6. The highest BCUT2D eigenvalue weighted by atomic mass is 16.4. The number of nitrogens with two attached hydrogens (primary N) is 1. The highest BCUT2D eigenvalue weighted by molar-refractivity contribution is 6.00. The molecule has 78 valence electrons. The van der Waals surface area contributed by atoms with Crippen molar-refractivity contribution in [2.45, 2.75) is 32.2 Å². The summed E-state index contributed by atoms with van der Waals surface area (Å²) in [7, 11) is 0. The van der Waals surface area contributed by atoms with Gasteiger partial charge in [-0.25, -0.2) is 0 Å². The van der Waals surface area contributed by atoms with E-state index in [0.29, 0.717) is 12.8 Å². The van der Waals surface area contributed by atoms with E-state index in [2.05, 4.69) is 5.92 Å². The van der Waals surface area contributed by atoms with Crippen molar-refractivity contribution >= 4 is 11.8 Å². The quantitative estimate of drug-likeness (QED) is 0.367. The van der Waals surface area contributed by atoms with Gasteiger partial charge in [-0.15, -0.1) is 12.3 Å². The lowest BCUT2D eigenvalue weighted by Crippen LogP contribution is -2.36. The van der Waals surface area contributed by atoms with Crippen molar-refractivity contribution in [3.8, 4) is 12.3 Å². The Morgan fingerprint density at radius 1 is 1.57 bits per heavy atom. The molecule has 0 aromatic heterocycles. The zero-order chi connectivity index (χ0) is 11.1. The first-order chi connectivity index (χ1) is 6.50. The Labute approximate surface area is 83.5 Å². The number of unbranched alkanes of at least 4 members (excludes halogenated alkanes) is 1. The number of carboxylic acid groups (broad SMARTS) is 1. The highest BCUT2D eigenvalue weighted by Gasteiger charge is 2.27. The zero-order valence-corrected chi connectivity index (χ0v) is 8.19. The van der Waals surface area contributed by atoms with E-state index in [1.54, 1.807) is 0 Å². The third-order valence-corrected chi connectivity index (χ3v) is 1.90. The van der Waals surface area contributed by atoms with Crippen LogP contribution in [0.2, 0.25) is 0 Å². The van der Waals surface area contributed by atoms with Crippen molar-refractivity contribution in [3.63, 3.8) is 0 Å². The van der Waals surface area contributed by atoms with E-state index in [4.69, 9.17) is 17.3 Å². The van der Waals surface area contributed by atoms with E-state index in [-0.39, 0.29) is 6.42 Å². The first-order valence-electron chi connectivity index (χ1n) is 4.46. The fourth-order valence-electron chi connectivity index (χ4n) is 1.11. The van der Waals surface area contributed by atoms with Gasteiger partial charge >= 0.3 is 5.97 Å². The van der Waals surface area contributed by atoms with Crippen molar-refractivity contribution in [1.29, 1.82) is 0 Å². The van der Waals surface area contributed by atoms with Crippen LogP contribution in [-0.2, 0) is 9.59 Å². The van der Waals surface area contributed by atoms with Crippen LogP contribution in [0, 0.1) is 18.3 Å². The molecule has 4 heteroatoms. The first kappa shape index (κ1) is 12.7. The highest BCUT2D eigenvalue weighted by Crippen LogP contribution is 2.11. The molecule has 4 nitrogen and oxygen atoms in total. The van der Waals surface area contributed by atoms with E-state index >= 15 is 0 Å². The lowest BCUT2D eigenvalue weighted by Gasteiger charge is -2.12. The number of hydrogen-bond acceptors (Lipinski definition) is 3. The normalized spacial score (nSPS) is 14.1. The molecule has 0 aromatic rings. The predicted molar refractivity (Wildman–Crippen MR) is 52.5 cm³/mol. The molecule has 0 radical (unpaired) electrons. The van der Waals surface area contributed by atoms with Crippen LogP contribution >= 0.6 is 0 Å². The largest absolute Gasteiger partial charge is 0.481 e. The number of Topliss-reactive ketones (excluding diaryl/α,β-unsaturated/α-hetero) is 1.